The molecule has 0 spiro atoms. The van der Waals surface area contributed by atoms with Crippen LogP contribution in [0.5, 0.6) is 0 Å². The zero-order valence-corrected chi connectivity index (χ0v) is 17.2. The van der Waals surface area contributed by atoms with Crippen molar-refractivity contribution in [3.05, 3.63) is 48.0 Å². The summed E-state index contributed by atoms with van der Waals surface area (Å²) in [5.74, 6) is 0.181. The van der Waals surface area contributed by atoms with Crippen LogP contribution in [0, 0.1) is 10.5 Å². The van der Waals surface area contributed by atoms with E-state index in [-0.39, 0.29) is 22.6 Å². The van der Waals surface area contributed by atoms with E-state index in [9.17, 15) is 4.79 Å². The molecule has 0 radical (unpaired) electrons. The zero-order chi connectivity index (χ0) is 17.9. The van der Waals surface area contributed by atoms with Crippen molar-refractivity contribution < 1.29 is 4.74 Å². The van der Waals surface area contributed by atoms with Gasteiger partial charge >= 0.3 is 0 Å². The van der Waals surface area contributed by atoms with E-state index in [2.05, 4.69) is 32.9 Å². The van der Waals surface area contributed by atoms with Crippen LogP contribution in [0.15, 0.2) is 23.1 Å². The number of anilines is 2. The molecular formula is C16H18Cl2IN3O2. The van der Waals surface area contributed by atoms with Gasteiger partial charge in [0.1, 0.15) is 5.15 Å². The van der Waals surface area contributed by atoms with Crippen molar-refractivity contribution in [2.24, 2.45) is 0 Å². The molecule has 0 aliphatic heterocycles. The molecule has 0 saturated carbocycles. The fourth-order valence-corrected chi connectivity index (χ4v) is 3.94. The largest absolute Gasteiger partial charge is 0.383 e. The summed E-state index contributed by atoms with van der Waals surface area (Å²) in [6.07, 6.45) is 2.28. The Labute approximate surface area is 164 Å². The third-order valence-corrected chi connectivity index (χ3v) is 4.87. The molecule has 0 saturated heterocycles. The molecule has 0 aliphatic rings. The van der Waals surface area contributed by atoms with E-state index in [0.717, 1.165) is 21.2 Å². The number of rotatable bonds is 6. The van der Waals surface area contributed by atoms with Gasteiger partial charge in [0.15, 0.2) is 5.82 Å². The Morgan fingerprint density at radius 2 is 2.12 bits per heavy atom. The van der Waals surface area contributed by atoms with Crippen LogP contribution in [0.25, 0.3) is 0 Å². The molecule has 130 valence electrons. The zero-order valence-electron chi connectivity index (χ0n) is 13.6. The Bertz CT molecular complexity index is 772. The lowest BCUT2D eigenvalue weighted by molar-refractivity contribution is 0.151. The Kier molecular flexibility index (Phi) is 6.91. The molecule has 1 N–H and O–H groups in total. The second kappa shape index (κ2) is 8.51. The molecule has 1 heterocycles. The Morgan fingerprint density at radius 3 is 2.71 bits per heavy atom. The van der Waals surface area contributed by atoms with Crippen molar-refractivity contribution in [1.29, 1.82) is 0 Å². The lowest BCUT2D eigenvalue weighted by Crippen LogP contribution is -2.29. The highest BCUT2D eigenvalue weighted by Gasteiger charge is 2.16. The summed E-state index contributed by atoms with van der Waals surface area (Å²) in [6.45, 7) is 4.33. The van der Waals surface area contributed by atoms with Crippen molar-refractivity contribution >= 4 is 57.3 Å². The first-order valence-corrected chi connectivity index (χ1v) is 9.21. The Morgan fingerprint density at radius 1 is 1.42 bits per heavy atom. The van der Waals surface area contributed by atoms with Crippen molar-refractivity contribution in [2.75, 3.05) is 19.0 Å². The third kappa shape index (κ3) is 4.41. The van der Waals surface area contributed by atoms with E-state index < -0.39 is 0 Å². The predicted octanol–water partition coefficient (Wildman–Crippen LogP) is 4.80. The van der Waals surface area contributed by atoms with Crippen LogP contribution < -0.4 is 10.9 Å². The molecular weight excluding hydrogens is 464 g/mol. The minimum Gasteiger partial charge on any atom is -0.383 e. The van der Waals surface area contributed by atoms with Gasteiger partial charge in [-0.2, -0.15) is 0 Å². The molecule has 0 aliphatic carbocycles. The normalized spacial score (nSPS) is 12.2. The number of hydrogen-bond acceptors (Lipinski definition) is 4. The van der Waals surface area contributed by atoms with Crippen LogP contribution >= 0.6 is 45.8 Å². The number of aryl methyl sites for hydroxylation is 1. The average molecular weight is 482 g/mol. The van der Waals surface area contributed by atoms with E-state index in [0.29, 0.717) is 11.6 Å². The number of methoxy groups -OCH3 is 1. The van der Waals surface area contributed by atoms with Gasteiger partial charge in [-0.15, -0.1) is 0 Å². The highest BCUT2D eigenvalue weighted by atomic mass is 127. The third-order valence-electron chi connectivity index (χ3n) is 3.62. The highest BCUT2D eigenvalue weighted by molar-refractivity contribution is 14.1. The van der Waals surface area contributed by atoms with Gasteiger partial charge in [-0.25, -0.2) is 4.98 Å². The second-order valence-electron chi connectivity index (χ2n) is 5.35. The quantitative estimate of drug-likeness (QED) is 0.602. The minimum absolute atomic E-state index is 0.103. The summed E-state index contributed by atoms with van der Waals surface area (Å²) in [6, 6.07) is 3.55. The number of nitrogens with zero attached hydrogens (tertiary/aromatic N) is 2. The number of ether oxygens (including phenoxy) is 1. The molecule has 1 aromatic carbocycles. The Hall–Kier alpha value is -0.830. The van der Waals surface area contributed by atoms with Gasteiger partial charge < -0.3 is 14.6 Å². The summed E-state index contributed by atoms with van der Waals surface area (Å²) in [7, 11) is 1.61. The first kappa shape index (κ1) is 19.5. The number of nitrogens with one attached hydrogen (secondary N) is 1. The van der Waals surface area contributed by atoms with E-state index in [1.54, 1.807) is 17.9 Å². The van der Waals surface area contributed by atoms with Crippen LogP contribution in [0.2, 0.25) is 10.2 Å². The molecule has 24 heavy (non-hydrogen) atoms. The lowest BCUT2D eigenvalue weighted by Gasteiger charge is -2.19. The maximum absolute atomic E-state index is 12.8. The van der Waals surface area contributed by atoms with Gasteiger partial charge in [-0.1, -0.05) is 30.1 Å². The molecule has 8 heteroatoms. The van der Waals surface area contributed by atoms with Crippen LogP contribution in [0.3, 0.4) is 0 Å². The molecule has 2 rings (SSSR count). The van der Waals surface area contributed by atoms with Crippen LogP contribution in [0.4, 0.5) is 11.5 Å². The van der Waals surface area contributed by atoms with Crippen molar-refractivity contribution in [2.45, 2.75) is 26.3 Å². The first-order chi connectivity index (χ1) is 11.4. The van der Waals surface area contributed by atoms with Gasteiger partial charge in [0.2, 0.25) is 0 Å². The van der Waals surface area contributed by atoms with Gasteiger partial charge in [0.05, 0.1) is 18.3 Å². The number of hydrogen-bond donors (Lipinski definition) is 1. The predicted molar refractivity (Wildman–Crippen MR) is 107 cm³/mol. The van der Waals surface area contributed by atoms with Gasteiger partial charge in [-0.05, 0) is 53.6 Å². The van der Waals surface area contributed by atoms with Crippen molar-refractivity contribution in [3.8, 4) is 0 Å². The van der Waals surface area contributed by atoms with Crippen LogP contribution in [-0.4, -0.2) is 23.3 Å². The molecule has 0 amide bonds. The van der Waals surface area contributed by atoms with Gasteiger partial charge in [0.25, 0.3) is 5.56 Å². The van der Waals surface area contributed by atoms with E-state index in [1.165, 1.54) is 0 Å². The fraction of sp³-hybridized carbons (Fsp3) is 0.375. The average Bonchev–Trinajstić information content (AvgIpc) is 2.51. The molecule has 1 atom stereocenters. The van der Waals surface area contributed by atoms with Crippen molar-refractivity contribution in [3.63, 3.8) is 0 Å². The molecule has 1 unspecified atom stereocenters. The number of halogens is 3. The molecule has 1 aromatic heterocycles. The summed E-state index contributed by atoms with van der Waals surface area (Å²) in [5, 5.41) is 3.99. The first-order valence-electron chi connectivity index (χ1n) is 7.37. The van der Waals surface area contributed by atoms with Crippen LogP contribution in [0.1, 0.15) is 24.9 Å². The summed E-state index contributed by atoms with van der Waals surface area (Å²) in [5.41, 5.74) is 1.47. The lowest BCUT2D eigenvalue weighted by atomic mass is 10.2. The smallest absolute Gasteiger partial charge is 0.294 e. The maximum Gasteiger partial charge on any atom is 0.294 e. The Balaban J connectivity index is 2.49. The highest BCUT2D eigenvalue weighted by Crippen LogP contribution is 2.28. The minimum atomic E-state index is -0.242. The molecule has 0 fully saturated rings. The van der Waals surface area contributed by atoms with Crippen LogP contribution in [-0.2, 0) is 4.74 Å². The number of aromatic nitrogens is 2. The molecule has 5 nitrogen and oxygen atoms in total. The van der Waals surface area contributed by atoms with Crippen molar-refractivity contribution in [1.82, 2.24) is 9.55 Å². The van der Waals surface area contributed by atoms with E-state index >= 15 is 0 Å². The summed E-state index contributed by atoms with van der Waals surface area (Å²) in [4.78, 5) is 16.9. The summed E-state index contributed by atoms with van der Waals surface area (Å²) < 4.78 is 7.66. The summed E-state index contributed by atoms with van der Waals surface area (Å²) >= 11 is 14.3. The molecule has 0 bridgehead atoms. The van der Waals surface area contributed by atoms with E-state index in [1.807, 2.05) is 26.0 Å². The van der Waals surface area contributed by atoms with Gasteiger partial charge in [-0.3, -0.25) is 4.79 Å². The fourth-order valence-electron chi connectivity index (χ4n) is 2.40. The topological polar surface area (TPSA) is 56.1 Å². The maximum atomic E-state index is 12.8. The van der Waals surface area contributed by atoms with E-state index in [4.69, 9.17) is 27.9 Å². The second-order valence-corrected chi connectivity index (χ2v) is 7.33. The SMILES string of the molecule is CCC(COC)n1cc(Cl)nc(Nc2c(C)cc(Cl)cc2I)c1=O. The molecule has 2 aromatic rings. The standard InChI is InChI=1S/C16H18Cl2IN3O2/c1-4-11(8-24-3)22-7-13(18)20-15(16(22)23)21-14-9(2)5-10(17)6-12(14)19/h5-7,11H,4,8H2,1-3H3,(H,20,21). The number of benzene rings is 1. The monoisotopic (exact) mass is 481 g/mol. The van der Waals surface area contributed by atoms with Gasteiger partial charge in [0, 0.05) is 21.9 Å².